The van der Waals surface area contributed by atoms with Crippen LogP contribution in [0.25, 0.3) is 0 Å². The van der Waals surface area contributed by atoms with Gasteiger partial charge in [0.15, 0.2) is 5.78 Å². The largest absolute Gasteiger partial charge is 0.507 e. The first-order valence-corrected chi connectivity index (χ1v) is 11.5. The van der Waals surface area contributed by atoms with Gasteiger partial charge in [0.05, 0.1) is 29.2 Å². The first-order valence-electron chi connectivity index (χ1n) is 10.8. The van der Waals surface area contributed by atoms with Crippen LogP contribution in [0, 0.1) is 0 Å². The molecule has 5 nitrogen and oxygen atoms in total. The normalized spacial score (nSPS) is 12.9. The minimum atomic E-state index is -0.289. The number of phenols is 1. The molecule has 1 N–H and O–H groups in total. The minimum Gasteiger partial charge on any atom is -0.507 e. The predicted molar refractivity (Wildman–Crippen MR) is 132 cm³/mol. The zero-order valence-corrected chi connectivity index (χ0v) is 21.3. The molecule has 0 fully saturated rings. The molecule has 1 aromatic heterocycles. The molecule has 0 radical (unpaired) electrons. The lowest BCUT2D eigenvalue weighted by atomic mass is 9.78. The summed E-state index contributed by atoms with van der Waals surface area (Å²) in [5, 5.41) is 10.9. The maximum absolute atomic E-state index is 13.4. The van der Waals surface area contributed by atoms with Crippen molar-refractivity contribution in [3.8, 4) is 5.75 Å². The molecule has 0 bridgehead atoms. The number of carbonyl (C=O) groups is 1. The smallest absolute Gasteiger partial charge is 0.217 e. The minimum absolute atomic E-state index is 0.0270. The van der Waals surface area contributed by atoms with E-state index < -0.39 is 0 Å². The lowest BCUT2D eigenvalue weighted by molar-refractivity contribution is 0.0970. The molecule has 2 aromatic carbocycles. The molecule has 0 aliphatic carbocycles. The highest BCUT2D eigenvalue weighted by Crippen LogP contribution is 2.39. The summed E-state index contributed by atoms with van der Waals surface area (Å²) in [7, 11) is 0. The Balaban J connectivity index is 1.97. The Bertz CT molecular complexity index is 1140. The second kappa shape index (κ2) is 9.10. The topological polar surface area (TPSA) is 59.5 Å². The fourth-order valence-corrected chi connectivity index (χ4v) is 4.18. The van der Waals surface area contributed by atoms with Gasteiger partial charge in [-0.1, -0.05) is 71.9 Å². The lowest BCUT2D eigenvalue weighted by Crippen LogP contribution is -2.28. The number of Topliss-reactive ketones (excluding diaryl/α,β-unsaturated/α-hetero) is 1. The van der Waals surface area contributed by atoms with Crippen LogP contribution in [0.2, 0.25) is 0 Å². The number of nitrogens with zero attached hydrogens (tertiary/aromatic N) is 3. The van der Waals surface area contributed by atoms with Crippen molar-refractivity contribution in [2.45, 2.75) is 65.5 Å². The summed E-state index contributed by atoms with van der Waals surface area (Å²) in [4.78, 5) is 13.4. The first kappa shape index (κ1) is 24.1. The van der Waals surface area contributed by atoms with E-state index in [9.17, 15) is 9.90 Å². The average Bonchev–Trinajstić information content (AvgIpc) is 3.08. The standard InChI is InChI=1S/C26H32BrN3O2/c1-25(2,3)20-14-19(15-21(23(20)32)26(4,5)6)22(31)17-30-13-12-29(24(30)28-27)16-18-10-8-7-9-11-18/h7-15,32H,16-17H2,1-6H3. The Labute approximate surface area is 198 Å². The van der Waals surface area contributed by atoms with Gasteiger partial charge in [0.25, 0.3) is 0 Å². The Morgan fingerprint density at radius 3 is 1.97 bits per heavy atom. The quantitative estimate of drug-likeness (QED) is 0.457. The second-order valence-corrected chi connectivity index (χ2v) is 10.6. The molecular formula is C26H32BrN3O2. The van der Waals surface area contributed by atoms with Crippen LogP contribution in [-0.4, -0.2) is 20.0 Å². The first-order chi connectivity index (χ1) is 14.9. The second-order valence-electron chi connectivity index (χ2n) is 10.3. The van der Waals surface area contributed by atoms with E-state index in [1.165, 1.54) is 0 Å². The maximum Gasteiger partial charge on any atom is 0.217 e. The summed E-state index contributed by atoms with van der Waals surface area (Å²) in [5.74, 6) is 0.250. The maximum atomic E-state index is 13.4. The Hall–Kier alpha value is -2.60. The van der Waals surface area contributed by atoms with Gasteiger partial charge < -0.3 is 14.2 Å². The van der Waals surface area contributed by atoms with Crippen LogP contribution in [0.1, 0.15) is 68.6 Å². The van der Waals surface area contributed by atoms with Crippen molar-refractivity contribution >= 4 is 21.9 Å². The SMILES string of the molecule is CC(C)(C)c1cc(C(=O)Cn2ccn(Cc3ccccc3)c2=NBr)cc(C(C)(C)C)c1O. The third-order valence-electron chi connectivity index (χ3n) is 5.57. The molecule has 0 saturated carbocycles. The molecule has 0 saturated heterocycles. The molecular weight excluding hydrogens is 466 g/mol. The van der Waals surface area contributed by atoms with Gasteiger partial charge in [-0.2, -0.15) is 4.02 Å². The predicted octanol–water partition coefficient (Wildman–Crippen LogP) is 5.73. The molecule has 32 heavy (non-hydrogen) atoms. The molecule has 3 rings (SSSR count). The number of hydrogen-bond acceptors (Lipinski definition) is 3. The number of hydrogen-bond donors (Lipinski definition) is 1. The molecule has 0 spiro atoms. The van der Waals surface area contributed by atoms with Crippen molar-refractivity contribution in [2.24, 2.45) is 4.02 Å². The van der Waals surface area contributed by atoms with Gasteiger partial charge in [-0.25, -0.2) is 0 Å². The molecule has 170 valence electrons. The summed E-state index contributed by atoms with van der Waals surface area (Å²) in [6.07, 6.45) is 3.80. The zero-order chi connectivity index (χ0) is 23.7. The van der Waals surface area contributed by atoms with Gasteiger partial charge in [-0.15, -0.1) is 0 Å². The number of carbonyl (C=O) groups excluding carboxylic acids is 1. The summed E-state index contributed by atoms with van der Waals surface area (Å²) < 4.78 is 8.08. The van der Waals surface area contributed by atoms with Crippen molar-refractivity contribution < 1.29 is 9.90 Å². The number of halogens is 1. The van der Waals surface area contributed by atoms with Crippen LogP contribution < -0.4 is 5.62 Å². The number of benzene rings is 2. The number of aromatic hydroxyl groups is 1. The van der Waals surface area contributed by atoms with E-state index in [4.69, 9.17) is 0 Å². The van der Waals surface area contributed by atoms with Gasteiger partial charge in [0.1, 0.15) is 5.75 Å². The van der Waals surface area contributed by atoms with Crippen LogP contribution >= 0.6 is 16.1 Å². The molecule has 0 amide bonds. The summed E-state index contributed by atoms with van der Waals surface area (Å²) in [6, 6.07) is 13.8. The van der Waals surface area contributed by atoms with Crippen molar-refractivity contribution in [3.63, 3.8) is 0 Å². The molecule has 3 aromatic rings. The number of aromatic nitrogens is 2. The average molecular weight is 498 g/mol. The number of rotatable bonds is 5. The van der Waals surface area contributed by atoms with E-state index in [2.05, 4.69) is 32.3 Å². The van der Waals surface area contributed by atoms with Crippen LogP contribution in [-0.2, 0) is 23.9 Å². The number of imidazole rings is 1. The van der Waals surface area contributed by atoms with E-state index in [-0.39, 0.29) is 28.9 Å². The highest BCUT2D eigenvalue weighted by Gasteiger charge is 2.28. The van der Waals surface area contributed by atoms with E-state index in [0.717, 1.165) is 16.7 Å². The summed E-state index contributed by atoms with van der Waals surface area (Å²) in [5.41, 5.74) is 3.40. The van der Waals surface area contributed by atoms with Crippen molar-refractivity contribution in [1.29, 1.82) is 0 Å². The van der Waals surface area contributed by atoms with Gasteiger partial charge in [-0.3, -0.25) is 4.79 Å². The van der Waals surface area contributed by atoms with E-state index in [0.29, 0.717) is 17.7 Å². The number of phenolic OH excluding ortho intramolecular Hbond substituents is 1. The molecule has 0 aliphatic heterocycles. The van der Waals surface area contributed by atoms with E-state index in [1.807, 2.05) is 93.4 Å². The van der Waals surface area contributed by atoms with Crippen LogP contribution in [0.15, 0.2) is 58.9 Å². The van der Waals surface area contributed by atoms with Gasteiger partial charge >= 0.3 is 0 Å². The summed E-state index contributed by atoms with van der Waals surface area (Å²) in [6.45, 7) is 13.1. The lowest BCUT2D eigenvalue weighted by Gasteiger charge is -2.28. The Morgan fingerprint density at radius 2 is 1.47 bits per heavy atom. The number of ketones is 1. The molecule has 0 aliphatic rings. The fourth-order valence-electron chi connectivity index (χ4n) is 3.77. The third kappa shape index (κ3) is 5.23. The van der Waals surface area contributed by atoms with Crippen LogP contribution in [0.4, 0.5) is 0 Å². The van der Waals surface area contributed by atoms with Gasteiger partial charge in [0.2, 0.25) is 5.62 Å². The molecule has 0 atom stereocenters. The van der Waals surface area contributed by atoms with Crippen molar-refractivity contribution in [2.75, 3.05) is 0 Å². The highest BCUT2D eigenvalue weighted by atomic mass is 79.9. The van der Waals surface area contributed by atoms with Crippen LogP contribution in [0.5, 0.6) is 5.75 Å². The third-order valence-corrected chi connectivity index (χ3v) is 5.89. The van der Waals surface area contributed by atoms with E-state index in [1.54, 1.807) is 0 Å². The Morgan fingerprint density at radius 1 is 0.938 bits per heavy atom. The summed E-state index contributed by atoms with van der Waals surface area (Å²) >= 11 is 3.22. The monoisotopic (exact) mass is 497 g/mol. The van der Waals surface area contributed by atoms with Crippen LogP contribution in [0.3, 0.4) is 0 Å². The molecule has 1 heterocycles. The van der Waals surface area contributed by atoms with Crippen molar-refractivity contribution in [1.82, 2.24) is 9.13 Å². The van der Waals surface area contributed by atoms with Gasteiger partial charge in [0, 0.05) is 29.1 Å². The highest BCUT2D eigenvalue weighted by molar-refractivity contribution is 9.08. The zero-order valence-electron chi connectivity index (χ0n) is 19.7. The Kier molecular flexibility index (Phi) is 6.84. The molecule has 0 unspecified atom stereocenters. The molecule has 6 heteroatoms. The fraction of sp³-hybridized carbons (Fsp3) is 0.385. The van der Waals surface area contributed by atoms with E-state index >= 15 is 0 Å². The van der Waals surface area contributed by atoms with Gasteiger partial charge in [-0.05, 0) is 28.5 Å². The van der Waals surface area contributed by atoms with Crippen molar-refractivity contribution in [3.05, 3.63) is 82.7 Å².